The first-order chi connectivity index (χ1) is 8.70. The van der Waals surface area contributed by atoms with Gasteiger partial charge in [0.15, 0.2) is 0 Å². The standard InChI is InChI=1S/C13H18N4O/c1-3-14-13(18)10(2)15-8-11-9-17-7-5-4-6-12(17)16-11/h4-7,9-10,15H,3,8H2,1-2H3,(H,14,18). The number of nitrogens with zero attached hydrogens (tertiary/aromatic N) is 2. The molecule has 1 amide bonds. The molecule has 5 heteroatoms. The van der Waals surface area contributed by atoms with Gasteiger partial charge in [0.25, 0.3) is 0 Å². The largest absolute Gasteiger partial charge is 0.355 e. The Morgan fingerprint density at radius 2 is 2.33 bits per heavy atom. The summed E-state index contributed by atoms with van der Waals surface area (Å²) in [5.41, 5.74) is 1.84. The van der Waals surface area contributed by atoms with Crippen LogP contribution in [-0.4, -0.2) is 27.9 Å². The monoisotopic (exact) mass is 246 g/mol. The van der Waals surface area contributed by atoms with Crippen LogP contribution in [0.25, 0.3) is 5.65 Å². The smallest absolute Gasteiger partial charge is 0.236 e. The Morgan fingerprint density at radius 1 is 1.50 bits per heavy atom. The predicted octanol–water partition coefficient (Wildman–Crippen LogP) is 0.948. The van der Waals surface area contributed by atoms with Crippen molar-refractivity contribution in [3.8, 4) is 0 Å². The van der Waals surface area contributed by atoms with Crippen LogP contribution in [0, 0.1) is 0 Å². The van der Waals surface area contributed by atoms with Crippen LogP contribution in [0.15, 0.2) is 30.6 Å². The van der Waals surface area contributed by atoms with Gasteiger partial charge in [0.2, 0.25) is 5.91 Å². The lowest BCUT2D eigenvalue weighted by Gasteiger charge is -2.11. The summed E-state index contributed by atoms with van der Waals surface area (Å²) in [4.78, 5) is 16.0. The number of amides is 1. The van der Waals surface area contributed by atoms with E-state index in [2.05, 4.69) is 15.6 Å². The minimum atomic E-state index is -0.213. The molecule has 1 atom stereocenters. The Hall–Kier alpha value is -1.88. The summed E-state index contributed by atoms with van der Waals surface area (Å²) in [6, 6.07) is 5.66. The van der Waals surface area contributed by atoms with E-state index in [1.54, 1.807) is 0 Å². The Bertz CT molecular complexity index is 502. The highest BCUT2D eigenvalue weighted by Crippen LogP contribution is 2.04. The van der Waals surface area contributed by atoms with E-state index in [-0.39, 0.29) is 11.9 Å². The van der Waals surface area contributed by atoms with Gasteiger partial charge in [-0.05, 0) is 26.0 Å². The Balaban J connectivity index is 1.95. The molecule has 2 heterocycles. The number of carbonyl (C=O) groups excluding carboxylic acids is 1. The average molecular weight is 246 g/mol. The van der Waals surface area contributed by atoms with Crippen molar-refractivity contribution in [2.75, 3.05) is 6.54 Å². The van der Waals surface area contributed by atoms with Crippen LogP contribution in [0.3, 0.4) is 0 Å². The zero-order valence-electron chi connectivity index (χ0n) is 10.7. The van der Waals surface area contributed by atoms with Gasteiger partial charge < -0.3 is 15.0 Å². The van der Waals surface area contributed by atoms with Crippen molar-refractivity contribution in [1.29, 1.82) is 0 Å². The van der Waals surface area contributed by atoms with Gasteiger partial charge in [0, 0.05) is 25.5 Å². The third-order valence-electron chi connectivity index (χ3n) is 2.75. The lowest BCUT2D eigenvalue weighted by atomic mass is 10.3. The molecule has 2 aromatic heterocycles. The molecule has 0 saturated heterocycles. The first-order valence-corrected chi connectivity index (χ1v) is 6.14. The maximum Gasteiger partial charge on any atom is 0.236 e. The average Bonchev–Trinajstić information content (AvgIpc) is 2.78. The normalized spacial score (nSPS) is 12.6. The van der Waals surface area contributed by atoms with Crippen LogP contribution in [-0.2, 0) is 11.3 Å². The second-order valence-electron chi connectivity index (χ2n) is 4.20. The summed E-state index contributed by atoms with van der Waals surface area (Å²) in [7, 11) is 0. The first kappa shape index (κ1) is 12.6. The van der Waals surface area contributed by atoms with E-state index in [4.69, 9.17) is 0 Å². The summed E-state index contributed by atoms with van der Waals surface area (Å²) in [5.74, 6) is 0.0151. The molecule has 2 aromatic rings. The summed E-state index contributed by atoms with van der Waals surface area (Å²) in [6.45, 7) is 4.99. The van der Waals surface area contributed by atoms with Crippen LogP contribution in [0.2, 0.25) is 0 Å². The zero-order chi connectivity index (χ0) is 13.0. The number of likely N-dealkylation sites (N-methyl/N-ethyl adjacent to an activating group) is 1. The van der Waals surface area contributed by atoms with Gasteiger partial charge in [-0.3, -0.25) is 4.79 Å². The fraction of sp³-hybridized carbons (Fsp3) is 0.385. The highest BCUT2D eigenvalue weighted by molar-refractivity contribution is 5.81. The van der Waals surface area contributed by atoms with Gasteiger partial charge in [-0.25, -0.2) is 4.98 Å². The molecule has 0 aromatic carbocycles. The third-order valence-corrected chi connectivity index (χ3v) is 2.75. The molecule has 18 heavy (non-hydrogen) atoms. The lowest BCUT2D eigenvalue weighted by molar-refractivity contribution is -0.122. The number of fused-ring (bicyclic) bond motifs is 1. The highest BCUT2D eigenvalue weighted by atomic mass is 16.2. The molecule has 2 rings (SSSR count). The van der Waals surface area contributed by atoms with E-state index in [9.17, 15) is 4.79 Å². The second-order valence-corrected chi connectivity index (χ2v) is 4.20. The summed E-state index contributed by atoms with van der Waals surface area (Å²) >= 11 is 0. The van der Waals surface area contributed by atoms with E-state index in [0.717, 1.165) is 11.3 Å². The van der Waals surface area contributed by atoms with Gasteiger partial charge in [-0.1, -0.05) is 6.07 Å². The number of carbonyl (C=O) groups is 1. The fourth-order valence-corrected chi connectivity index (χ4v) is 1.75. The van der Waals surface area contributed by atoms with Crippen molar-refractivity contribution in [3.63, 3.8) is 0 Å². The number of rotatable bonds is 5. The van der Waals surface area contributed by atoms with Crippen molar-refractivity contribution >= 4 is 11.6 Å². The van der Waals surface area contributed by atoms with Crippen LogP contribution in [0.1, 0.15) is 19.5 Å². The molecule has 0 aliphatic carbocycles. The van der Waals surface area contributed by atoms with Gasteiger partial charge in [0.05, 0.1) is 11.7 Å². The topological polar surface area (TPSA) is 58.4 Å². The third kappa shape index (κ3) is 2.87. The van der Waals surface area contributed by atoms with E-state index >= 15 is 0 Å². The van der Waals surface area contributed by atoms with Crippen molar-refractivity contribution in [2.24, 2.45) is 0 Å². The van der Waals surface area contributed by atoms with E-state index < -0.39 is 0 Å². The first-order valence-electron chi connectivity index (χ1n) is 6.14. The quantitative estimate of drug-likeness (QED) is 0.825. The number of hydrogen-bond donors (Lipinski definition) is 2. The summed E-state index contributed by atoms with van der Waals surface area (Å²) in [6.07, 6.45) is 3.92. The molecule has 1 unspecified atom stereocenters. The Kier molecular flexibility index (Phi) is 3.94. The number of aromatic nitrogens is 2. The van der Waals surface area contributed by atoms with E-state index in [1.165, 1.54) is 0 Å². The van der Waals surface area contributed by atoms with E-state index in [1.807, 2.05) is 48.8 Å². The minimum Gasteiger partial charge on any atom is -0.355 e. The molecular weight excluding hydrogens is 228 g/mol. The van der Waals surface area contributed by atoms with Crippen LogP contribution in [0.4, 0.5) is 0 Å². The maximum atomic E-state index is 11.5. The van der Waals surface area contributed by atoms with Crippen molar-refractivity contribution in [3.05, 3.63) is 36.3 Å². The number of imidazole rings is 1. The molecule has 2 N–H and O–H groups in total. The molecule has 96 valence electrons. The van der Waals surface area contributed by atoms with Gasteiger partial charge in [-0.15, -0.1) is 0 Å². The molecule has 0 aliphatic rings. The molecule has 0 saturated carbocycles. The van der Waals surface area contributed by atoms with Crippen LogP contribution >= 0.6 is 0 Å². The summed E-state index contributed by atoms with van der Waals surface area (Å²) in [5, 5.41) is 5.94. The minimum absolute atomic E-state index is 0.0151. The zero-order valence-corrected chi connectivity index (χ0v) is 10.7. The summed E-state index contributed by atoms with van der Waals surface area (Å²) < 4.78 is 1.97. The van der Waals surface area contributed by atoms with Crippen LogP contribution in [0.5, 0.6) is 0 Å². The Morgan fingerprint density at radius 3 is 3.06 bits per heavy atom. The maximum absolute atomic E-state index is 11.5. The molecule has 0 radical (unpaired) electrons. The van der Waals surface area contributed by atoms with Gasteiger partial charge in [-0.2, -0.15) is 0 Å². The fourth-order valence-electron chi connectivity index (χ4n) is 1.75. The molecule has 0 bridgehead atoms. The van der Waals surface area contributed by atoms with Crippen LogP contribution < -0.4 is 10.6 Å². The molecular formula is C13H18N4O. The Labute approximate surface area is 106 Å². The molecule has 0 aliphatic heterocycles. The van der Waals surface area contributed by atoms with Gasteiger partial charge in [0.1, 0.15) is 5.65 Å². The number of nitrogens with one attached hydrogen (secondary N) is 2. The van der Waals surface area contributed by atoms with Crippen molar-refractivity contribution in [1.82, 2.24) is 20.0 Å². The predicted molar refractivity (Wildman–Crippen MR) is 70.2 cm³/mol. The highest BCUT2D eigenvalue weighted by Gasteiger charge is 2.11. The lowest BCUT2D eigenvalue weighted by Crippen LogP contribution is -2.41. The second kappa shape index (κ2) is 5.64. The van der Waals surface area contributed by atoms with Crippen molar-refractivity contribution in [2.45, 2.75) is 26.4 Å². The SMILES string of the molecule is CCNC(=O)C(C)NCc1cn2ccccc2n1. The van der Waals surface area contributed by atoms with Gasteiger partial charge >= 0.3 is 0 Å². The van der Waals surface area contributed by atoms with E-state index in [0.29, 0.717) is 13.1 Å². The molecule has 5 nitrogen and oxygen atoms in total. The number of hydrogen-bond acceptors (Lipinski definition) is 3. The number of pyridine rings is 1. The molecule has 0 fully saturated rings. The molecule has 0 spiro atoms. The van der Waals surface area contributed by atoms with Crippen molar-refractivity contribution < 1.29 is 4.79 Å².